The molecule has 0 aliphatic rings. The molecule has 18 heavy (non-hydrogen) atoms. The standard InChI is InChI=1S/C14H30N2O2/c1-5-16(6-2)11-10-15-13(4)9-7-8-12(3)14(17)18/h12-13,15H,5-11H2,1-4H3,(H,17,18). The van der Waals surface area contributed by atoms with Gasteiger partial charge in [0.25, 0.3) is 0 Å². The zero-order chi connectivity index (χ0) is 14.0. The first-order chi connectivity index (χ1) is 8.51. The fourth-order valence-corrected chi connectivity index (χ4v) is 1.96. The molecule has 0 saturated heterocycles. The Balaban J connectivity index is 3.54. The van der Waals surface area contributed by atoms with Crippen LogP contribution in [0.3, 0.4) is 0 Å². The van der Waals surface area contributed by atoms with E-state index in [9.17, 15) is 4.79 Å². The third kappa shape index (κ3) is 8.48. The van der Waals surface area contributed by atoms with Gasteiger partial charge in [-0.1, -0.05) is 27.2 Å². The summed E-state index contributed by atoms with van der Waals surface area (Å²) in [6.07, 6.45) is 2.81. The van der Waals surface area contributed by atoms with Crippen LogP contribution in [0.2, 0.25) is 0 Å². The number of likely N-dealkylation sites (N-methyl/N-ethyl adjacent to an activating group) is 1. The van der Waals surface area contributed by atoms with E-state index in [2.05, 4.69) is 31.0 Å². The molecule has 0 radical (unpaired) electrons. The van der Waals surface area contributed by atoms with Crippen molar-refractivity contribution in [2.24, 2.45) is 5.92 Å². The Morgan fingerprint density at radius 3 is 2.33 bits per heavy atom. The van der Waals surface area contributed by atoms with Crippen LogP contribution in [0.1, 0.15) is 47.0 Å². The largest absolute Gasteiger partial charge is 0.481 e. The quantitative estimate of drug-likeness (QED) is 0.596. The first-order valence-corrected chi connectivity index (χ1v) is 7.19. The molecular weight excluding hydrogens is 228 g/mol. The second-order valence-corrected chi connectivity index (χ2v) is 5.05. The third-order valence-electron chi connectivity index (χ3n) is 3.51. The molecule has 0 saturated carbocycles. The maximum Gasteiger partial charge on any atom is 0.306 e. The Kier molecular flexibility index (Phi) is 9.98. The third-order valence-corrected chi connectivity index (χ3v) is 3.51. The highest BCUT2D eigenvalue weighted by Crippen LogP contribution is 2.09. The lowest BCUT2D eigenvalue weighted by molar-refractivity contribution is -0.141. The van der Waals surface area contributed by atoms with E-state index >= 15 is 0 Å². The molecule has 0 heterocycles. The van der Waals surface area contributed by atoms with E-state index in [1.54, 1.807) is 6.92 Å². The van der Waals surface area contributed by atoms with Gasteiger partial charge in [-0.2, -0.15) is 0 Å². The number of carbonyl (C=O) groups is 1. The summed E-state index contributed by atoms with van der Waals surface area (Å²) >= 11 is 0. The second-order valence-electron chi connectivity index (χ2n) is 5.05. The zero-order valence-electron chi connectivity index (χ0n) is 12.4. The van der Waals surface area contributed by atoms with Crippen LogP contribution in [0, 0.1) is 5.92 Å². The maximum atomic E-state index is 10.7. The smallest absolute Gasteiger partial charge is 0.306 e. The van der Waals surface area contributed by atoms with Crippen molar-refractivity contribution in [3.05, 3.63) is 0 Å². The highest BCUT2D eigenvalue weighted by atomic mass is 16.4. The van der Waals surface area contributed by atoms with Crippen molar-refractivity contribution < 1.29 is 9.90 Å². The molecule has 0 aliphatic heterocycles. The van der Waals surface area contributed by atoms with Gasteiger partial charge in [-0.05, 0) is 32.9 Å². The van der Waals surface area contributed by atoms with Gasteiger partial charge in [0.1, 0.15) is 0 Å². The Morgan fingerprint density at radius 2 is 1.83 bits per heavy atom. The van der Waals surface area contributed by atoms with Crippen molar-refractivity contribution in [1.82, 2.24) is 10.2 Å². The highest BCUT2D eigenvalue weighted by molar-refractivity contribution is 5.69. The van der Waals surface area contributed by atoms with Crippen LogP contribution in [-0.2, 0) is 4.79 Å². The number of carboxylic acid groups (broad SMARTS) is 1. The lowest BCUT2D eigenvalue weighted by Gasteiger charge is -2.20. The van der Waals surface area contributed by atoms with Crippen LogP contribution < -0.4 is 5.32 Å². The molecular formula is C14H30N2O2. The fourth-order valence-electron chi connectivity index (χ4n) is 1.96. The van der Waals surface area contributed by atoms with Crippen molar-refractivity contribution in [2.75, 3.05) is 26.2 Å². The monoisotopic (exact) mass is 258 g/mol. The Labute approximate surface area is 112 Å². The predicted octanol–water partition coefficient (Wildman–Crippen LogP) is 2.20. The van der Waals surface area contributed by atoms with Crippen molar-refractivity contribution in [3.63, 3.8) is 0 Å². The minimum atomic E-state index is -0.683. The zero-order valence-corrected chi connectivity index (χ0v) is 12.4. The molecule has 0 spiro atoms. The molecule has 2 unspecified atom stereocenters. The molecule has 0 aromatic carbocycles. The topological polar surface area (TPSA) is 52.6 Å². The Morgan fingerprint density at radius 1 is 1.22 bits per heavy atom. The summed E-state index contributed by atoms with van der Waals surface area (Å²) in [6, 6.07) is 0.474. The van der Waals surface area contributed by atoms with Gasteiger partial charge in [-0.3, -0.25) is 4.79 Å². The van der Waals surface area contributed by atoms with E-state index in [-0.39, 0.29) is 5.92 Å². The van der Waals surface area contributed by atoms with E-state index in [1.165, 1.54) is 0 Å². The average molecular weight is 258 g/mol. The molecule has 0 aliphatic carbocycles. The van der Waals surface area contributed by atoms with Gasteiger partial charge < -0.3 is 15.3 Å². The van der Waals surface area contributed by atoms with Crippen molar-refractivity contribution in [1.29, 1.82) is 0 Å². The first-order valence-electron chi connectivity index (χ1n) is 7.19. The summed E-state index contributed by atoms with van der Waals surface area (Å²) < 4.78 is 0. The number of carboxylic acids is 1. The van der Waals surface area contributed by atoms with Crippen LogP contribution in [0.4, 0.5) is 0 Å². The number of nitrogens with zero attached hydrogens (tertiary/aromatic N) is 1. The van der Waals surface area contributed by atoms with Gasteiger partial charge in [-0.25, -0.2) is 0 Å². The summed E-state index contributed by atoms with van der Waals surface area (Å²) in [5, 5.41) is 12.3. The van der Waals surface area contributed by atoms with Gasteiger partial charge in [0, 0.05) is 19.1 Å². The second kappa shape index (κ2) is 10.3. The van der Waals surface area contributed by atoms with Gasteiger partial charge in [0.15, 0.2) is 0 Å². The molecule has 0 rings (SSSR count). The maximum absolute atomic E-state index is 10.7. The van der Waals surface area contributed by atoms with Crippen molar-refractivity contribution in [3.8, 4) is 0 Å². The summed E-state index contributed by atoms with van der Waals surface area (Å²) in [4.78, 5) is 13.1. The van der Waals surface area contributed by atoms with E-state index in [0.29, 0.717) is 6.04 Å². The van der Waals surface area contributed by atoms with Crippen LogP contribution in [-0.4, -0.2) is 48.2 Å². The molecule has 4 nitrogen and oxygen atoms in total. The van der Waals surface area contributed by atoms with Gasteiger partial charge >= 0.3 is 5.97 Å². The van der Waals surface area contributed by atoms with E-state index in [0.717, 1.165) is 45.4 Å². The van der Waals surface area contributed by atoms with Crippen LogP contribution in [0.25, 0.3) is 0 Å². The molecule has 108 valence electrons. The molecule has 2 atom stereocenters. The molecule has 0 amide bonds. The van der Waals surface area contributed by atoms with Crippen molar-refractivity contribution >= 4 is 5.97 Å². The predicted molar refractivity (Wildman–Crippen MR) is 75.9 cm³/mol. The lowest BCUT2D eigenvalue weighted by atomic mass is 10.0. The van der Waals surface area contributed by atoms with Gasteiger partial charge in [0.05, 0.1) is 5.92 Å². The molecule has 0 aromatic heterocycles. The Hall–Kier alpha value is -0.610. The molecule has 0 aromatic rings. The first kappa shape index (κ1) is 17.4. The Bertz CT molecular complexity index is 218. The number of hydrogen-bond donors (Lipinski definition) is 2. The summed E-state index contributed by atoms with van der Waals surface area (Å²) in [5.74, 6) is -0.898. The average Bonchev–Trinajstić information content (AvgIpc) is 2.34. The SMILES string of the molecule is CCN(CC)CCNC(C)CCCC(C)C(=O)O. The van der Waals surface area contributed by atoms with E-state index in [1.807, 2.05) is 0 Å². The molecule has 2 N–H and O–H groups in total. The highest BCUT2D eigenvalue weighted by Gasteiger charge is 2.11. The van der Waals surface area contributed by atoms with Gasteiger partial charge in [-0.15, -0.1) is 0 Å². The number of hydrogen-bond acceptors (Lipinski definition) is 3. The molecule has 4 heteroatoms. The van der Waals surface area contributed by atoms with Crippen LogP contribution >= 0.6 is 0 Å². The van der Waals surface area contributed by atoms with Crippen molar-refractivity contribution in [2.45, 2.75) is 53.0 Å². The van der Waals surface area contributed by atoms with E-state index < -0.39 is 5.97 Å². The van der Waals surface area contributed by atoms with Crippen LogP contribution in [0.5, 0.6) is 0 Å². The minimum Gasteiger partial charge on any atom is -0.481 e. The fraction of sp³-hybridized carbons (Fsp3) is 0.929. The summed E-state index contributed by atoms with van der Waals surface area (Å²) in [5.41, 5.74) is 0. The minimum absolute atomic E-state index is 0.215. The van der Waals surface area contributed by atoms with Crippen LogP contribution in [0.15, 0.2) is 0 Å². The number of aliphatic carboxylic acids is 1. The summed E-state index contributed by atoms with van der Waals surface area (Å²) in [7, 11) is 0. The molecule has 0 fully saturated rings. The van der Waals surface area contributed by atoms with E-state index in [4.69, 9.17) is 5.11 Å². The summed E-state index contributed by atoms with van der Waals surface area (Å²) in [6.45, 7) is 12.6. The normalized spacial score (nSPS) is 14.7. The number of nitrogens with one attached hydrogen (secondary N) is 1. The number of rotatable bonds is 11. The van der Waals surface area contributed by atoms with Gasteiger partial charge in [0.2, 0.25) is 0 Å². The lowest BCUT2D eigenvalue weighted by Crippen LogP contribution is -2.35. The molecule has 0 bridgehead atoms.